The molecule has 0 bridgehead atoms. The van der Waals surface area contributed by atoms with Crippen LogP contribution >= 0.6 is 11.3 Å². The lowest BCUT2D eigenvalue weighted by atomic mass is 9.95. The first kappa shape index (κ1) is 18.3. The van der Waals surface area contributed by atoms with Gasteiger partial charge in [-0.3, -0.25) is 9.78 Å². The number of thiazole rings is 1. The Labute approximate surface area is 155 Å². The molecule has 1 amide bonds. The summed E-state index contributed by atoms with van der Waals surface area (Å²) in [5, 5.41) is 10.2. The smallest absolute Gasteiger partial charge is 0.248 e. The van der Waals surface area contributed by atoms with E-state index in [1.807, 2.05) is 19.1 Å². The summed E-state index contributed by atoms with van der Waals surface area (Å²) in [5.74, 6) is 0.291. The van der Waals surface area contributed by atoms with Crippen molar-refractivity contribution in [3.8, 4) is 5.75 Å². The number of nitrogens with zero attached hydrogens (tertiary/aromatic N) is 2. The number of benzene rings is 1. The summed E-state index contributed by atoms with van der Waals surface area (Å²) >= 11 is 1.53. The Morgan fingerprint density at radius 2 is 2.23 bits per heavy atom. The van der Waals surface area contributed by atoms with E-state index < -0.39 is 5.91 Å². The van der Waals surface area contributed by atoms with Crippen molar-refractivity contribution in [1.82, 2.24) is 9.97 Å². The molecule has 136 valence electrons. The Morgan fingerprint density at radius 3 is 2.96 bits per heavy atom. The number of pyridine rings is 1. The van der Waals surface area contributed by atoms with Crippen molar-refractivity contribution in [2.45, 2.75) is 25.7 Å². The summed E-state index contributed by atoms with van der Waals surface area (Å²) in [6.45, 7) is 2.61. The van der Waals surface area contributed by atoms with E-state index in [4.69, 9.17) is 15.5 Å². The van der Waals surface area contributed by atoms with Crippen LogP contribution in [0.5, 0.6) is 5.75 Å². The van der Waals surface area contributed by atoms with Gasteiger partial charge in [-0.15, -0.1) is 11.3 Å². The number of ether oxygens (including phenoxy) is 1. The van der Waals surface area contributed by atoms with Crippen LogP contribution < -0.4 is 10.5 Å². The van der Waals surface area contributed by atoms with Crippen LogP contribution in [0.2, 0.25) is 0 Å². The van der Waals surface area contributed by atoms with Gasteiger partial charge >= 0.3 is 0 Å². The molecule has 0 saturated carbocycles. The molecule has 3 rings (SSSR count). The van der Waals surface area contributed by atoms with Crippen molar-refractivity contribution in [3.63, 3.8) is 0 Å². The van der Waals surface area contributed by atoms with Crippen LogP contribution in [0.3, 0.4) is 0 Å². The van der Waals surface area contributed by atoms with Gasteiger partial charge in [0.1, 0.15) is 10.8 Å². The molecular weight excluding hydrogens is 350 g/mol. The molecule has 3 N–H and O–H groups in total. The second-order valence-corrected chi connectivity index (χ2v) is 6.93. The van der Waals surface area contributed by atoms with Crippen LogP contribution in [0, 0.1) is 0 Å². The number of hydrogen-bond acceptors (Lipinski definition) is 6. The molecule has 6 nitrogen and oxygen atoms in total. The third kappa shape index (κ3) is 3.84. The minimum Gasteiger partial charge on any atom is -0.493 e. The van der Waals surface area contributed by atoms with Gasteiger partial charge in [-0.2, -0.15) is 0 Å². The highest BCUT2D eigenvalue weighted by atomic mass is 32.1. The van der Waals surface area contributed by atoms with E-state index in [1.54, 1.807) is 24.5 Å². The minimum absolute atomic E-state index is 0.0353. The van der Waals surface area contributed by atoms with Crippen molar-refractivity contribution in [3.05, 3.63) is 52.8 Å². The molecule has 2 heterocycles. The molecule has 7 heteroatoms. The van der Waals surface area contributed by atoms with Crippen LogP contribution in [0.1, 0.15) is 46.6 Å². The largest absolute Gasteiger partial charge is 0.493 e. The number of nitrogens with two attached hydrogens (primary N) is 1. The third-order valence-electron chi connectivity index (χ3n) is 4.12. The summed E-state index contributed by atoms with van der Waals surface area (Å²) in [4.78, 5) is 20.4. The number of primary amides is 1. The molecule has 1 unspecified atom stereocenters. The molecule has 0 spiro atoms. The van der Waals surface area contributed by atoms with Crippen molar-refractivity contribution in [1.29, 1.82) is 0 Å². The quantitative estimate of drug-likeness (QED) is 0.634. The van der Waals surface area contributed by atoms with Gasteiger partial charge in [-0.1, -0.05) is 0 Å². The van der Waals surface area contributed by atoms with E-state index in [2.05, 4.69) is 4.98 Å². The molecule has 0 aliphatic rings. The highest BCUT2D eigenvalue weighted by Gasteiger charge is 2.22. The predicted molar refractivity (Wildman–Crippen MR) is 102 cm³/mol. The maximum absolute atomic E-state index is 11.4. The number of fused-ring (bicyclic) bond motifs is 1. The minimum atomic E-state index is -0.454. The molecule has 0 fully saturated rings. The van der Waals surface area contributed by atoms with Gasteiger partial charge in [0, 0.05) is 36.0 Å². The Morgan fingerprint density at radius 1 is 1.38 bits per heavy atom. The van der Waals surface area contributed by atoms with E-state index in [0.717, 1.165) is 33.0 Å². The van der Waals surface area contributed by atoms with E-state index in [9.17, 15) is 9.90 Å². The summed E-state index contributed by atoms with van der Waals surface area (Å²) in [6, 6.07) is 7.12. The van der Waals surface area contributed by atoms with Crippen LogP contribution in [0.25, 0.3) is 10.2 Å². The number of rotatable bonds is 8. The van der Waals surface area contributed by atoms with Gasteiger partial charge < -0.3 is 15.6 Å². The number of amides is 1. The molecule has 1 atom stereocenters. The Balaban J connectivity index is 2.05. The number of aliphatic hydroxyl groups excluding tert-OH is 1. The number of aliphatic hydroxyl groups is 1. The van der Waals surface area contributed by atoms with E-state index >= 15 is 0 Å². The topological polar surface area (TPSA) is 98.3 Å². The monoisotopic (exact) mass is 371 g/mol. The zero-order valence-electron chi connectivity index (χ0n) is 14.5. The van der Waals surface area contributed by atoms with Crippen LogP contribution in [0.15, 0.2) is 36.7 Å². The zero-order valence-corrected chi connectivity index (χ0v) is 15.3. The number of carbonyl (C=O) groups excluding carboxylic acids is 1. The fraction of sp³-hybridized carbons (Fsp3) is 0.316. The maximum Gasteiger partial charge on any atom is 0.248 e. The first-order valence-corrected chi connectivity index (χ1v) is 9.33. The standard InChI is InChI=1S/C19H21N3O3S/c1-2-25-16-7-8-21-11-14(16)13(4-3-9-23)19-22-15-6-5-12(18(20)24)10-17(15)26-19/h5-8,10-11,13,23H,2-4,9H2,1H3,(H2,20,24). The fourth-order valence-corrected chi connectivity index (χ4v) is 4.06. The average Bonchev–Trinajstić information content (AvgIpc) is 3.06. The number of aromatic nitrogens is 2. The van der Waals surface area contributed by atoms with E-state index in [1.165, 1.54) is 11.3 Å². The van der Waals surface area contributed by atoms with Gasteiger partial charge in [0.25, 0.3) is 0 Å². The van der Waals surface area contributed by atoms with Crippen LogP contribution in [0.4, 0.5) is 0 Å². The summed E-state index contributed by atoms with van der Waals surface area (Å²) < 4.78 is 6.67. The molecule has 1 aromatic carbocycles. The second kappa shape index (κ2) is 8.25. The Hall–Kier alpha value is -2.51. The van der Waals surface area contributed by atoms with Crippen molar-refractivity contribution >= 4 is 27.5 Å². The summed E-state index contributed by atoms with van der Waals surface area (Å²) in [6.07, 6.45) is 4.88. The first-order chi connectivity index (χ1) is 12.6. The molecular formula is C19H21N3O3S. The van der Waals surface area contributed by atoms with Crippen molar-refractivity contribution in [2.24, 2.45) is 5.73 Å². The van der Waals surface area contributed by atoms with Crippen molar-refractivity contribution in [2.75, 3.05) is 13.2 Å². The van der Waals surface area contributed by atoms with Crippen LogP contribution in [-0.4, -0.2) is 34.2 Å². The van der Waals surface area contributed by atoms with Gasteiger partial charge in [0.05, 0.1) is 16.8 Å². The van der Waals surface area contributed by atoms with Gasteiger partial charge in [0.2, 0.25) is 5.91 Å². The van der Waals surface area contributed by atoms with Crippen molar-refractivity contribution < 1.29 is 14.6 Å². The lowest BCUT2D eigenvalue weighted by Gasteiger charge is -2.17. The Bertz CT molecular complexity index is 910. The molecule has 0 radical (unpaired) electrons. The number of hydrogen-bond donors (Lipinski definition) is 2. The van der Waals surface area contributed by atoms with E-state index in [0.29, 0.717) is 18.6 Å². The maximum atomic E-state index is 11.4. The Kier molecular flexibility index (Phi) is 5.80. The normalized spacial score (nSPS) is 12.2. The van der Waals surface area contributed by atoms with Gasteiger partial charge in [-0.05, 0) is 44.0 Å². The molecule has 0 saturated heterocycles. The zero-order chi connectivity index (χ0) is 18.5. The average molecular weight is 371 g/mol. The first-order valence-electron chi connectivity index (χ1n) is 8.52. The van der Waals surface area contributed by atoms with Gasteiger partial charge in [0.15, 0.2) is 0 Å². The van der Waals surface area contributed by atoms with E-state index in [-0.39, 0.29) is 12.5 Å². The lowest BCUT2D eigenvalue weighted by Crippen LogP contribution is -2.10. The predicted octanol–water partition coefficient (Wildman–Crippen LogP) is 3.09. The summed E-state index contributed by atoms with van der Waals surface area (Å²) in [7, 11) is 0. The molecule has 0 aliphatic heterocycles. The molecule has 0 aliphatic carbocycles. The molecule has 3 aromatic rings. The second-order valence-electron chi connectivity index (χ2n) is 5.86. The molecule has 26 heavy (non-hydrogen) atoms. The third-order valence-corrected chi connectivity index (χ3v) is 5.26. The summed E-state index contributed by atoms with van der Waals surface area (Å²) in [5.41, 5.74) is 7.62. The highest BCUT2D eigenvalue weighted by Crippen LogP contribution is 2.38. The number of carbonyl (C=O) groups is 1. The van der Waals surface area contributed by atoms with Crippen LogP contribution in [-0.2, 0) is 0 Å². The lowest BCUT2D eigenvalue weighted by molar-refractivity contribution is 0.100. The highest BCUT2D eigenvalue weighted by molar-refractivity contribution is 7.18. The van der Waals surface area contributed by atoms with Gasteiger partial charge in [-0.25, -0.2) is 4.98 Å². The molecule has 2 aromatic heterocycles. The fourth-order valence-electron chi connectivity index (χ4n) is 2.89. The SMILES string of the molecule is CCOc1ccncc1C(CCCO)c1nc2ccc(C(N)=O)cc2s1.